The van der Waals surface area contributed by atoms with Gasteiger partial charge in [0.2, 0.25) is 0 Å². The first-order valence-electron chi connectivity index (χ1n) is 18.1. The second kappa shape index (κ2) is 33.4. The van der Waals surface area contributed by atoms with Crippen molar-refractivity contribution in [3.63, 3.8) is 0 Å². The average Bonchev–Trinajstić information content (AvgIpc) is 3.07. The lowest BCUT2D eigenvalue weighted by Gasteiger charge is -2.20. The number of ether oxygens (including phenoxy) is 2. The fourth-order valence-electron chi connectivity index (χ4n) is 4.53. The minimum Gasteiger partial charge on any atom is -0.462 e. The van der Waals surface area contributed by atoms with E-state index in [1.165, 1.54) is 38.5 Å². The fraction of sp³-hybridized carbons (Fsp3) is 0.730. The van der Waals surface area contributed by atoms with Gasteiger partial charge in [0.15, 0.2) is 6.10 Å². The Bertz CT molecular complexity index is 946. The molecule has 48 heavy (non-hydrogen) atoms. The summed E-state index contributed by atoms with van der Waals surface area (Å²) in [4.78, 5) is 34.7. The summed E-state index contributed by atoms with van der Waals surface area (Å²) in [7, 11) is -4.61. The number of phosphoric acid groups is 1. The molecular formula is C37H65O10P. The Balaban J connectivity index is 4.43. The predicted octanol–water partition coefficient (Wildman–Crippen LogP) is 8.60. The van der Waals surface area contributed by atoms with E-state index in [2.05, 4.69) is 30.5 Å². The van der Waals surface area contributed by atoms with Gasteiger partial charge >= 0.3 is 19.8 Å². The van der Waals surface area contributed by atoms with E-state index >= 15 is 0 Å². The van der Waals surface area contributed by atoms with Crippen LogP contribution < -0.4 is 0 Å². The van der Waals surface area contributed by atoms with E-state index in [-0.39, 0.29) is 19.4 Å². The summed E-state index contributed by atoms with van der Waals surface area (Å²) in [5.41, 5.74) is 0. The molecule has 0 aromatic heterocycles. The van der Waals surface area contributed by atoms with Crippen LogP contribution in [0.4, 0.5) is 0 Å². The van der Waals surface area contributed by atoms with Crippen molar-refractivity contribution in [2.75, 3.05) is 26.4 Å². The van der Waals surface area contributed by atoms with Gasteiger partial charge in [0, 0.05) is 12.8 Å². The minimum absolute atomic E-state index is 0.178. The summed E-state index contributed by atoms with van der Waals surface area (Å²) in [6.45, 7) is 2.17. The molecule has 11 heteroatoms. The number of rotatable bonds is 33. The molecule has 0 saturated carbocycles. The third-order valence-electron chi connectivity index (χ3n) is 7.34. The number of aliphatic hydroxyl groups excluding tert-OH is 2. The normalized spacial score (nSPS) is 14.7. The predicted molar refractivity (Wildman–Crippen MR) is 191 cm³/mol. The van der Waals surface area contributed by atoms with Crippen LogP contribution in [0, 0.1) is 0 Å². The summed E-state index contributed by atoms with van der Waals surface area (Å²) in [5, 5.41) is 18.2. The van der Waals surface area contributed by atoms with E-state index in [1.807, 2.05) is 36.5 Å². The van der Waals surface area contributed by atoms with Gasteiger partial charge in [-0.05, 0) is 32.1 Å². The lowest BCUT2D eigenvalue weighted by Crippen LogP contribution is -2.29. The zero-order valence-corrected chi connectivity index (χ0v) is 30.6. The van der Waals surface area contributed by atoms with E-state index in [4.69, 9.17) is 19.1 Å². The van der Waals surface area contributed by atoms with Crippen LogP contribution in [0.5, 0.6) is 0 Å². The molecule has 0 rings (SSSR count). The van der Waals surface area contributed by atoms with Gasteiger partial charge in [-0.2, -0.15) is 0 Å². The van der Waals surface area contributed by atoms with E-state index in [0.717, 1.165) is 57.8 Å². The smallest absolute Gasteiger partial charge is 0.462 e. The van der Waals surface area contributed by atoms with Crippen molar-refractivity contribution < 1.29 is 47.8 Å². The molecule has 0 aliphatic heterocycles. The highest BCUT2D eigenvalue weighted by atomic mass is 31.2. The van der Waals surface area contributed by atoms with Gasteiger partial charge < -0.3 is 24.6 Å². The van der Waals surface area contributed by atoms with Crippen LogP contribution in [0.1, 0.15) is 136 Å². The Kier molecular flexibility index (Phi) is 32.0. The number of hydrogen-bond donors (Lipinski definition) is 3. The average molecular weight is 701 g/mol. The molecule has 0 aromatic rings. The summed E-state index contributed by atoms with van der Waals surface area (Å²) in [6.07, 6.45) is 32.3. The van der Waals surface area contributed by atoms with Crippen LogP contribution in [-0.2, 0) is 32.7 Å². The van der Waals surface area contributed by atoms with E-state index in [1.54, 1.807) is 0 Å². The van der Waals surface area contributed by atoms with Crippen molar-refractivity contribution in [2.45, 2.75) is 148 Å². The third-order valence-corrected chi connectivity index (χ3v) is 8.29. The standard InChI is InChI=1S/C37H65O10P/c1-3-5-7-9-11-13-15-16-17-18-19-21-22-24-26-28-36(40)44-32-35(33-46-48(42,43)45-31-34(39)30-38)47-37(41)29-27-25-23-20-14-12-10-8-6-4-2/h5,7,9,11,13,15-17,34-35,38-39H,3-4,6,8,10,12,14,18-33H2,1-2H3,(H,42,43)/b7-5+,11-9+,15-13+,17-16+/t34-,35+/m1/s1. The summed E-state index contributed by atoms with van der Waals surface area (Å²) in [6, 6.07) is 0. The molecule has 0 radical (unpaired) electrons. The number of phosphoric ester groups is 1. The number of unbranched alkanes of at least 4 members (excludes halogenated alkanes) is 14. The topological polar surface area (TPSA) is 149 Å². The third kappa shape index (κ3) is 32.5. The minimum atomic E-state index is -4.61. The summed E-state index contributed by atoms with van der Waals surface area (Å²) >= 11 is 0. The number of carbonyl (C=O) groups excluding carboxylic acids is 2. The molecular weight excluding hydrogens is 635 g/mol. The van der Waals surface area contributed by atoms with Crippen LogP contribution in [-0.4, -0.2) is 65.7 Å². The first kappa shape index (κ1) is 45.9. The second-order valence-electron chi connectivity index (χ2n) is 12.0. The molecule has 0 fully saturated rings. The zero-order chi connectivity index (χ0) is 35.6. The van der Waals surface area contributed by atoms with Gasteiger partial charge in [0.1, 0.15) is 12.7 Å². The number of hydrogen-bond acceptors (Lipinski definition) is 9. The molecule has 278 valence electrons. The van der Waals surface area contributed by atoms with Gasteiger partial charge in [0.05, 0.1) is 19.8 Å². The molecule has 0 bridgehead atoms. The molecule has 1 unspecified atom stereocenters. The van der Waals surface area contributed by atoms with Crippen LogP contribution in [0.2, 0.25) is 0 Å². The van der Waals surface area contributed by atoms with E-state index in [9.17, 15) is 24.2 Å². The van der Waals surface area contributed by atoms with Gasteiger partial charge in [-0.1, -0.05) is 140 Å². The Morgan fingerprint density at radius 1 is 0.646 bits per heavy atom. The summed E-state index contributed by atoms with van der Waals surface area (Å²) < 4.78 is 32.5. The fourth-order valence-corrected chi connectivity index (χ4v) is 5.32. The van der Waals surface area contributed by atoms with Crippen molar-refractivity contribution in [3.8, 4) is 0 Å². The van der Waals surface area contributed by atoms with Crippen LogP contribution >= 0.6 is 7.82 Å². The molecule has 3 atom stereocenters. The maximum absolute atomic E-state index is 12.5. The van der Waals surface area contributed by atoms with Gasteiger partial charge in [-0.3, -0.25) is 18.6 Å². The van der Waals surface area contributed by atoms with Crippen LogP contribution in [0.25, 0.3) is 0 Å². The van der Waals surface area contributed by atoms with Gasteiger partial charge in [-0.25, -0.2) is 4.57 Å². The molecule has 0 aliphatic rings. The first-order valence-corrected chi connectivity index (χ1v) is 19.6. The molecule has 0 spiro atoms. The van der Waals surface area contributed by atoms with Crippen molar-refractivity contribution in [1.29, 1.82) is 0 Å². The Morgan fingerprint density at radius 2 is 1.15 bits per heavy atom. The lowest BCUT2D eigenvalue weighted by molar-refractivity contribution is -0.161. The second-order valence-corrected chi connectivity index (χ2v) is 13.4. The van der Waals surface area contributed by atoms with Crippen LogP contribution in [0.15, 0.2) is 48.6 Å². The van der Waals surface area contributed by atoms with Crippen molar-refractivity contribution >= 4 is 19.8 Å². The molecule has 0 amide bonds. The number of aliphatic hydroxyl groups is 2. The molecule has 0 saturated heterocycles. The maximum atomic E-state index is 12.5. The Hall–Kier alpha value is -2.07. The SMILES string of the molecule is CC/C=C/C=C/C=C/C=C/CCCCCCCC(=O)OC[C@@H](COP(=O)(O)OC[C@H](O)CO)OC(=O)CCCCCCCCCCCC. The highest BCUT2D eigenvalue weighted by Crippen LogP contribution is 2.43. The number of esters is 2. The van der Waals surface area contributed by atoms with Gasteiger partial charge in [0.25, 0.3) is 0 Å². The highest BCUT2D eigenvalue weighted by molar-refractivity contribution is 7.47. The van der Waals surface area contributed by atoms with E-state index < -0.39 is 51.8 Å². The molecule has 0 heterocycles. The van der Waals surface area contributed by atoms with Crippen molar-refractivity contribution in [1.82, 2.24) is 0 Å². The van der Waals surface area contributed by atoms with Crippen molar-refractivity contribution in [3.05, 3.63) is 48.6 Å². The Labute approximate surface area is 290 Å². The summed E-state index contributed by atoms with van der Waals surface area (Å²) in [5.74, 6) is -0.958. The number of allylic oxidation sites excluding steroid dienone is 8. The largest absolute Gasteiger partial charge is 0.472 e. The lowest BCUT2D eigenvalue weighted by atomic mass is 10.1. The zero-order valence-electron chi connectivity index (χ0n) is 29.7. The van der Waals surface area contributed by atoms with Gasteiger partial charge in [-0.15, -0.1) is 0 Å². The molecule has 3 N–H and O–H groups in total. The Morgan fingerprint density at radius 3 is 1.73 bits per heavy atom. The van der Waals surface area contributed by atoms with Crippen molar-refractivity contribution in [2.24, 2.45) is 0 Å². The molecule has 0 aromatic carbocycles. The molecule has 0 aliphatic carbocycles. The quantitative estimate of drug-likeness (QED) is 0.0263. The highest BCUT2D eigenvalue weighted by Gasteiger charge is 2.27. The maximum Gasteiger partial charge on any atom is 0.472 e. The molecule has 10 nitrogen and oxygen atoms in total. The first-order chi connectivity index (χ1) is 23.2. The monoisotopic (exact) mass is 700 g/mol. The van der Waals surface area contributed by atoms with Crippen LogP contribution in [0.3, 0.4) is 0 Å². The van der Waals surface area contributed by atoms with E-state index in [0.29, 0.717) is 12.8 Å². The number of carbonyl (C=O) groups is 2.